The van der Waals surface area contributed by atoms with Gasteiger partial charge in [0.25, 0.3) is 0 Å². The Morgan fingerprint density at radius 3 is 1.48 bits per heavy atom. The Balaban J connectivity index is 5.06. The number of hydrogen-bond donors (Lipinski definition) is 3. The summed E-state index contributed by atoms with van der Waals surface area (Å²) in [4.78, 5) is 35.0. The molecule has 156 valence electrons. The molecule has 0 aliphatic carbocycles. The fourth-order valence-electron chi connectivity index (χ4n) is 3.73. The van der Waals surface area contributed by atoms with Crippen LogP contribution in [0.4, 0.5) is 0 Å². The molecule has 3 unspecified atom stereocenters. The Bertz CT molecular complexity index is 466. The van der Waals surface area contributed by atoms with Gasteiger partial charge in [-0.25, -0.2) is 14.4 Å². The summed E-state index contributed by atoms with van der Waals surface area (Å²) in [6.45, 7) is 6.43. The molecule has 3 N–H and O–H groups in total. The lowest BCUT2D eigenvalue weighted by Crippen LogP contribution is -2.70. The van der Waals surface area contributed by atoms with Crippen molar-refractivity contribution in [3.05, 3.63) is 12.2 Å². The van der Waals surface area contributed by atoms with Crippen LogP contribution in [0.5, 0.6) is 0 Å². The summed E-state index contributed by atoms with van der Waals surface area (Å²) in [7, 11) is 0. The molecule has 7 heteroatoms. The van der Waals surface area contributed by atoms with Crippen LogP contribution in [0.1, 0.15) is 72.6 Å². The molecule has 0 bridgehead atoms. The topological polar surface area (TPSA) is 112 Å². The summed E-state index contributed by atoms with van der Waals surface area (Å²) in [5.41, 5.74) is 0. The molecule has 7 nitrogen and oxygen atoms in total. The Morgan fingerprint density at radius 1 is 0.741 bits per heavy atom. The first-order valence-corrected chi connectivity index (χ1v) is 9.79. The maximum atomic E-state index is 11.7. The molecular formula is C20H36NO6+. The summed E-state index contributed by atoms with van der Waals surface area (Å²) in [6.07, 6.45) is 11.0. The first-order chi connectivity index (χ1) is 12.6. The van der Waals surface area contributed by atoms with Crippen molar-refractivity contribution in [3.63, 3.8) is 0 Å². The van der Waals surface area contributed by atoms with Crippen LogP contribution >= 0.6 is 0 Å². The van der Waals surface area contributed by atoms with Crippen LogP contribution in [-0.4, -0.2) is 62.4 Å². The second kappa shape index (κ2) is 12.5. The van der Waals surface area contributed by atoms with Gasteiger partial charge in [0.05, 0.1) is 6.54 Å². The summed E-state index contributed by atoms with van der Waals surface area (Å²) < 4.78 is -0.485. The van der Waals surface area contributed by atoms with E-state index in [1.54, 1.807) is 0 Å². The number of aliphatic carboxylic acids is 3. The molecule has 3 atom stereocenters. The molecule has 0 spiro atoms. The average Bonchev–Trinajstić information content (AvgIpc) is 2.61. The van der Waals surface area contributed by atoms with E-state index in [2.05, 4.69) is 6.08 Å². The van der Waals surface area contributed by atoms with Gasteiger partial charge in [0.1, 0.15) is 0 Å². The zero-order chi connectivity index (χ0) is 21.0. The molecule has 0 aromatic rings. The molecule has 0 aromatic carbocycles. The molecule has 0 aliphatic rings. The highest BCUT2D eigenvalue weighted by molar-refractivity contribution is 5.77. The number of allylic oxidation sites excluding steroid dienone is 2. The Morgan fingerprint density at radius 2 is 1.11 bits per heavy atom. The van der Waals surface area contributed by atoms with E-state index in [1.807, 2.05) is 13.0 Å². The van der Waals surface area contributed by atoms with E-state index in [-0.39, 0.29) is 6.54 Å². The molecule has 0 aliphatic heterocycles. The summed E-state index contributed by atoms with van der Waals surface area (Å²) in [5.74, 6) is -3.54. The number of nitrogens with zero attached hydrogens (tertiary/aromatic N) is 1. The fourth-order valence-corrected chi connectivity index (χ4v) is 3.73. The average molecular weight is 387 g/mol. The molecule has 0 fully saturated rings. The van der Waals surface area contributed by atoms with E-state index in [4.69, 9.17) is 0 Å². The van der Waals surface area contributed by atoms with Crippen LogP contribution < -0.4 is 0 Å². The first kappa shape index (κ1) is 25.1. The maximum Gasteiger partial charge on any atom is 0.362 e. The predicted octanol–water partition coefficient (Wildman–Crippen LogP) is 3.53. The zero-order valence-corrected chi connectivity index (χ0v) is 17.1. The van der Waals surface area contributed by atoms with Crippen molar-refractivity contribution in [2.45, 2.75) is 90.8 Å². The quantitative estimate of drug-likeness (QED) is 0.225. The molecule has 0 saturated heterocycles. The van der Waals surface area contributed by atoms with Gasteiger partial charge in [-0.2, -0.15) is 0 Å². The third-order valence-corrected chi connectivity index (χ3v) is 5.64. The van der Waals surface area contributed by atoms with Crippen LogP contribution in [0.2, 0.25) is 0 Å². The summed E-state index contributed by atoms with van der Waals surface area (Å²) in [5, 5.41) is 28.5. The lowest BCUT2D eigenvalue weighted by atomic mass is 10.00. The number of carbonyl (C=O) groups is 3. The molecule has 0 aromatic heterocycles. The van der Waals surface area contributed by atoms with Gasteiger partial charge in [0, 0.05) is 0 Å². The van der Waals surface area contributed by atoms with Crippen molar-refractivity contribution in [1.82, 2.24) is 0 Å². The Labute approximate surface area is 162 Å². The van der Waals surface area contributed by atoms with E-state index >= 15 is 0 Å². The largest absolute Gasteiger partial charge is 0.477 e. The van der Waals surface area contributed by atoms with Gasteiger partial charge >= 0.3 is 17.9 Å². The number of rotatable bonds is 15. The standard InChI is InChI=1S/C20H35NO6/c1-5-6-7-8-9-10-11-12-13-14-21(15(2)18(22)23,16(3)19(24)25)17(4)20(26)27/h5-6,15-17H,7-14H2,1-4H3,(H2-,22,23,24,25,26,27)/p+1/b6-5+. The molecule has 0 heterocycles. The normalized spacial score (nSPS) is 17.2. The molecular weight excluding hydrogens is 350 g/mol. The number of carboxylic acid groups (broad SMARTS) is 3. The van der Waals surface area contributed by atoms with Crippen LogP contribution in [0, 0.1) is 0 Å². The Kier molecular flexibility index (Phi) is 11.6. The molecule has 0 saturated carbocycles. The van der Waals surface area contributed by atoms with Crippen molar-refractivity contribution >= 4 is 17.9 Å². The predicted molar refractivity (Wildman–Crippen MR) is 104 cm³/mol. The number of unbranched alkanes of at least 4 members (excludes halogenated alkanes) is 6. The van der Waals surface area contributed by atoms with E-state index in [0.29, 0.717) is 6.42 Å². The second-order valence-corrected chi connectivity index (χ2v) is 7.24. The van der Waals surface area contributed by atoms with Gasteiger partial charge in [-0.15, -0.1) is 0 Å². The van der Waals surface area contributed by atoms with Gasteiger partial charge in [-0.05, 0) is 53.4 Å². The number of carboxylic acids is 3. The highest BCUT2D eigenvalue weighted by Crippen LogP contribution is 2.27. The highest BCUT2D eigenvalue weighted by atomic mass is 16.4. The van der Waals surface area contributed by atoms with Crippen LogP contribution in [0.3, 0.4) is 0 Å². The fraction of sp³-hybridized carbons (Fsp3) is 0.750. The van der Waals surface area contributed by atoms with Crippen LogP contribution in [0.15, 0.2) is 12.2 Å². The van der Waals surface area contributed by atoms with Crippen molar-refractivity contribution in [3.8, 4) is 0 Å². The van der Waals surface area contributed by atoms with Gasteiger partial charge in [0.2, 0.25) is 0 Å². The van der Waals surface area contributed by atoms with E-state index in [0.717, 1.165) is 38.5 Å². The van der Waals surface area contributed by atoms with Crippen molar-refractivity contribution in [1.29, 1.82) is 0 Å². The lowest BCUT2D eigenvalue weighted by molar-refractivity contribution is -0.968. The Hall–Kier alpha value is -1.89. The number of quaternary nitrogens is 1. The van der Waals surface area contributed by atoms with Gasteiger partial charge in [-0.1, -0.05) is 31.4 Å². The molecule has 0 amide bonds. The molecule has 0 radical (unpaired) electrons. The first-order valence-electron chi connectivity index (χ1n) is 9.79. The lowest BCUT2D eigenvalue weighted by Gasteiger charge is -2.47. The van der Waals surface area contributed by atoms with Gasteiger partial charge in [0.15, 0.2) is 18.1 Å². The smallest absolute Gasteiger partial charge is 0.362 e. The van der Waals surface area contributed by atoms with E-state index < -0.39 is 40.5 Å². The minimum Gasteiger partial charge on any atom is -0.477 e. The monoisotopic (exact) mass is 386 g/mol. The summed E-state index contributed by atoms with van der Waals surface area (Å²) in [6, 6.07) is -3.37. The molecule has 27 heavy (non-hydrogen) atoms. The minimum absolute atomic E-state index is 0.215. The zero-order valence-electron chi connectivity index (χ0n) is 17.1. The SMILES string of the molecule is C/C=C/CCCCCCCC[N+](C(C)C(=O)O)(C(C)C(=O)O)C(C)C(=O)O. The van der Waals surface area contributed by atoms with Gasteiger partial charge in [-0.3, -0.25) is 4.48 Å². The minimum atomic E-state index is -1.18. The third kappa shape index (κ3) is 7.33. The van der Waals surface area contributed by atoms with Crippen molar-refractivity contribution in [2.75, 3.05) is 6.54 Å². The maximum absolute atomic E-state index is 11.7. The second-order valence-electron chi connectivity index (χ2n) is 7.24. The van der Waals surface area contributed by atoms with Crippen molar-refractivity contribution < 1.29 is 34.2 Å². The number of hydrogen-bond acceptors (Lipinski definition) is 3. The van der Waals surface area contributed by atoms with E-state index in [9.17, 15) is 29.7 Å². The van der Waals surface area contributed by atoms with Crippen LogP contribution in [-0.2, 0) is 14.4 Å². The molecule has 0 rings (SSSR count). The third-order valence-electron chi connectivity index (χ3n) is 5.64. The van der Waals surface area contributed by atoms with Crippen molar-refractivity contribution in [2.24, 2.45) is 0 Å². The van der Waals surface area contributed by atoms with Gasteiger partial charge < -0.3 is 15.3 Å². The highest BCUT2D eigenvalue weighted by Gasteiger charge is 2.52. The summed E-state index contributed by atoms with van der Waals surface area (Å²) >= 11 is 0. The van der Waals surface area contributed by atoms with Crippen LogP contribution in [0.25, 0.3) is 0 Å². The van der Waals surface area contributed by atoms with E-state index in [1.165, 1.54) is 20.8 Å².